The Kier molecular flexibility index (Phi) is 3.65. The van der Waals surface area contributed by atoms with Crippen LogP contribution in [-0.2, 0) is 0 Å². The minimum atomic E-state index is -0.101. The third-order valence-electron chi connectivity index (χ3n) is 3.51. The second-order valence-corrected chi connectivity index (χ2v) is 4.98. The lowest BCUT2D eigenvalue weighted by Gasteiger charge is -2.16. The van der Waals surface area contributed by atoms with Gasteiger partial charge in [-0.05, 0) is 25.1 Å². The summed E-state index contributed by atoms with van der Waals surface area (Å²) in [6, 6.07) is 19.1. The molecule has 0 aliphatic rings. The van der Waals surface area contributed by atoms with Crippen molar-refractivity contribution >= 4 is 16.8 Å². The van der Waals surface area contributed by atoms with Crippen molar-refractivity contribution in [1.82, 2.24) is 10.3 Å². The summed E-state index contributed by atoms with van der Waals surface area (Å²) < 4.78 is 0. The molecule has 0 saturated carbocycles. The van der Waals surface area contributed by atoms with Crippen molar-refractivity contribution in [2.75, 3.05) is 0 Å². The van der Waals surface area contributed by atoms with Crippen LogP contribution in [0.2, 0.25) is 0 Å². The summed E-state index contributed by atoms with van der Waals surface area (Å²) in [5, 5.41) is 4.11. The van der Waals surface area contributed by atoms with Crippen LogP contribution >= 0.6 is 0 Å². The molecule has 1 heterocycles. The molecule has 3 heteroatoms. The molecule has 3 rings (SSSR count). The number of hydrogen-bond donors (Lipinski definition) is 1. The Morgan fingerprint density at radius 3 is 2.57 bits per heavy atom. The summed E-state index contributed by atoms with van der Waals surface area (Å²) in [7, 11) is 0. The molecule has 0 radical (unpaired) electrons. The molecule has 104 valence electrons. The van der Waals surface area contributed by atoms with Gasteiger partial charge >= 0.3 is 0 Å². The molecule has 21 heavy (non-hydrogen) atoms. The number of benzene rings is 2. The summed E-state index contributed by atoms with van der Waals surface area (Å²) in [5.74, 6) is -0.0731. The highest BCUT2D eigenvalue weighted by Gasteiger charge is 2.13. The molecule has 0 spiro atoms. The first kappa shape index (κ1) is 13.3. The lowest BCUT2D eigenvalue weighted by Crippen LogP contribution is -2.26. The van der Waals surface area contributed by atoms with Crippen molar-refractivity contribution in [2.24, 2.45) is 0 Å². The fourth-order valence-corrected chi connectivity index (χ4v) is 2.42. The van der Waals surface area contributed by atoms with Crippen LogP contribution in [0, 0.1) is 0 Å². The predicted molar refractivity (Wildman–Crippen MR) is 84.1 cm³/mol. The lowest BCUT2D eigenvalue weighted by atomic mass is 10.0. The zero-order chi connectivity index (χ0) is 14.7. The maximum atomic E-state index is 12.2. The molecule has 3 nitrogen and oxygen atoms in total. The summed E-state index contributed by atoms with van der Waals surface area (Å²) in [6.07, 6.45) is 1.78. The van der Waals surface area contributed by atoms with E-state index in [2.05, 4.69) is 10.3 Å². The Labute approximate surface area is 123 Å². The maximum absolute atomic E-state index is 12.2. The molecule has 0 saturated heterocycles. The van der Waals surface area contributed by atoms with E-state index in [4.69, 9.17) is 0 Å². The molecule has 0 fully saturated rings. The Bertz CT molecular complexity index is 763. The van der Waals surface area contributed by atoms with Gasteiger partial charge in [0.05, 0.1) is 11.6 Å². The first-order valence-electron chi connectivity index (χ1n) is 6.95. The second-order valence-electron chi connectivity index (χ2n) is 4.98. The molecule has 0 aliphatic heterocycles. The topological polar surface area (TPSA) is 42.0 Å². The second kappa shape index (κ2) is 5.75. The highest BCUT2D eigenvalue weighted by molar-refractivity contribution is 5.94. The summed E-state index contributed by atoms with van der Waals surface area (Å²) in [5.41, 5.74) is 2.62. The number of rotatable bonds is 3. The van der Waals surface area contributed by atoms with Gasteiger partial charge in [0.15, 0.2) is 0 Å². The molecular formula is C18H16N2O. The van der Waals surface area contributed by atoms with Gasteiger partial charge in [-0.15, -0.1) is 0 Å². The largest absolute Gasteiger partial charge is 0.345 e. The van der Waals surface area contributed by atoms with Crippen molar-refractivity contribution in [3.63, 3.8) is 0 Å². The molecule has 0 unspecified atom stereocenters. The van der Waals surface area contributed by atoms with E-state index in [1.165, 1.54) is 0 Å². The van der Waals surface area contributed by atoms with Gasteiger partial charge in [-0.25, -0.2) is 0 Å². The van der Waals surface area contributed by atoms with Gasteiger partial charge in [0.2, 0.25) is 0 Å². The van der Waals surface area contributed by atoms with Gasteiger partial charge in [0.25, 0.3) is 5.91 Å². The third kappa shape index (κ3) is 2.77. The summed E-state index contributed by atoms with van der Waals surface area (Å²) in [4.78, 5) is 16.7. The third-order valence-corrected chi connectivity index (χ3v) is 3.51. The molecule has 3 aromatic rings. The molecular weight excluding hydrogens is 260 g/mol. The van der Waals surface area contributed by atoms with Crippen molar-refractivity contribution < 1.29 is 4.79 Å². The van der Waals surface area contributed by atoms with Crippen LogP contribution in [-0.4, -0.2) is 10.9 Å². The van der Waals surface area contributed by atoms with Crippen LogP contribution in [0.25, 0.3) is 10.9 Å². The van der Waals surface area contributed by atoms with Crippen molar-refractivity contribution in [3.05, 3.63) is 78.0 Å². The number of pyridine rings is 1. The minimum absolute atomic E-state index is 0.0731. The van der Waals surface area contributed by atoms with Crippen molar-refractivity contribution in [2.45, 2.75) is 13.0 Å². The Morgan fingerprint density at radius 1 is 1.00 bits per heavy atom. The van der Waals surface area contributed by atoms with Crippen molar-refractivity contribution in [3.8, 4) is 0 Å². The first-order valence-corrected chi connectivity index (χ1v) is 6.95. The van der Waals surface area contributed by atoms with E-state index in [1.54, 1.807) is 6.20 Å². The van der Waals surface area contributed by atoms with Gasteiger partial charge in [0.1, 0.15) is 0 Å². The van der Waals surface area contributed by atoms with Crippen LogP contribution in [0.5, 0.6) is 0 Å². The molecule has 1 atom stereocenters. The fraction of sp³-hybridized carbons (Fsp3) is 0.111. The number of nitrogens with zero attached hydrogens (tertiary/aromatic N) is 1. The Morgan fingerprint density at radius 2 is 1.76 bits per heavy atom. The van der Waals surface area contributed by atoms with E-state index in [9.17, 15) is 4.79 Å². The average Bonchev–Trinajstić information content (AvgIpc) is 2.55. The number of carbonyl (C=O) groups is 1. The van der Waals surface area contributed by atoms with Gasteiger partial charge in [-0.3, -0.25) is 9.78 Å². The van der Waals surface area contributed by atoms with E-state index in [-0.39, 0.29) is 11.9 Å². The van der Waals surface area contributed by atoms with Crippen LogP contribution in [0.4, 0.5) is 0 Å². The standard InChI is InChI=1S/C18H16N2O/c1-13(20-18(21)15-7-3-2-4-8-15)16-11-5-9-14-10-6-12-19-17(14)16/h2-13H,1H3,(H,20,21)/t13-/m0/s1. The quantitative estimate of drug-likeness (QED) is 0.792. The zero-order valence-electron chi connectivity index (χ0n) is 11.8. The lowest BCUT2D eigenvalue weighted by molar-refractivity contribution is 0.0940. The monoisotopic (exact) mass is 276 g/mol. The number of amides is 1. The number of nitrogens with one attached hydrogen (secondary N) is 1. The molecule has 1 amide bonds. The van der Waals surface area contributed by atoms with Gasteiger partial charge in [-0.1, -0.05) is 42.5 Å². The van der Waals surface area contributed by atoms with E-state index in [0.29, 0.717) is 5.56 Å². The Hall–Kier alpha value is -2.68. The molecule has 1 aromatic heterocycles. The maximum Gasteiger partial charge on any atom is 0.251 e. The highest BCUT2D eigenvalue weighted by atomic mass is 16.1. The van der Waals surface area contributed by atoms with E-state index in [0.717, 1.165) is 16.5 Å². The van der Waals surface area contributed by atoms with Crippen LogP contribution in [0.1, 0.15) is 28.9 Å². The highest BCUT2D eigenvalue weighted by Crippen LogP contribution is 2.22. The normalized spacial score (nSPS) is 12.0. The van der Waals surface area contributed by atoms with Gasteiger partial charge < -0.3 is 5.32 Å². The molecule has 0 bridgehead atoms. The van der Waals surface area contributed by atoms with E-state index in [1.807, 2.05) is 67.6 Å². The van der Waals surface area contributed by atoms with Gasteiger partial charge in [-0.2, -0.15) is 0 Å². The van der Waals surface area contributed by atoms with E-state index >= 15 is 0 Å². The van der Waals surface area contributed by atoms with Crippen LogP contribution in [0.3, 0.4) is 0 Å². The number of fused-ring (bicyclic) bond motifs is 1. The zero-order valence-corrected chi connectivity index (χ0v) is 11.8. The predicted octanol–water partition coefficient (Wildman–Crippen LogP) is 3.73. The summed E-state index contributed by atoms with van der Waals surface area (Å²) >= 11 is 0. The SMILES string of the molecule is C[C@H](NC(=O)c1ccccc1)c1cccc2cccnc12. The Balaban J connectivity index is 1.88. The molecule has 1 N–H and O–H groups in total. The molecule has 0 aliphatic carbocycles. The smallest absolute Gasteiger partial charge is 0.251 e. The van der Waals surface area contributed by atoms with E-state index < -0.39 is 0 Å². The van der Waals surface area contributed by atoms with Crippen LogP contribution in [0.15, 0.2) is 66.9 Å². The van der Waals surface area contributed by atoms with Gasteiger partial charge in [0, 0.05) is 22.7 Å². The first-order chi connectivity index (χ1) is 10.3. The molecule has 2 aromatic carbocycles. The number of hydrogen-bond acceptors (Lipinski definition) is 2. The number of para-hydroxylation sites is 1. The number of carbonyl (C=O) groups excluding carboxylic acids is 1. The minimum Gasteiger partial charge on any atom is -0.345 e. The summed E-state index contributed by atoms with van der Waals surface area (Å²) in [6.45, 7) is 1.98. The fourth-order valence-electron chi connectivity index (χ4n) is 2.42. The van der Waals surface area contributed by atoms with Crippen LogP contribution < -0.4 is 5.32 Å². The number of aromatic nitrogens is 1. The average molecular weight is 276 g/mol. The van der Waals surface area contributed by atoms with Crippen molar-refractivity contribution in [1.29, 1.82) is 0 Å².